The van der Waals surface area contributed by atoms with Gasteiger partial charge in [-0.2, -0.15) is 0 Å². The van der Waals surface area contributed by atoms with Crippen LogP contribution in [-0.4, -0.2) is 96.9 Å². The first-order chi connectivity index (χ1) is 21.5. The lowest BCUT2D eigenvalue weighted by Crippen LogP contribution is -2.30. The summed E-state index contributed by atoms with van der Waals surface area (Å²) in [4.78, 5) is 70.3. The smallest absolute Gasteiger partial charge is 0.342 e. The first kappa shape index (κ1) is 32.4. The van der Waals surface area contributed by atoms with Crippen LogP contribution < -0.4 is 10.7 Å². The number of rotatable bonds is 9. The Morgan fingerprint density at radius 2 is 1.29 bits per heavy atom. The second kappa shape index (κ2) is 13.8. The molecular formula is C33H36N6O6. The predicted molar refractivity (Wildman–Crippen MR) is 171 cm³/mol. The Hall–Kier alpha value is -5.52. The van der Waals surface area contributed by atoms with Crippen molar-refractivity contribution in [3.05, 3.63) is 87.6 Å². The maximum Gasteiger partial charge on any atom is 0.342 e. The summed E-state index contributed by atoms with van der Waals surface area (Å²) in [7, 11) is 6.55. The Kier molecular flexibility index (Phi) is 9.97. The molecule has 0 saturated carbocycles. The predicted octanol–water partition coefficient (Wildman–Crippen LogP) is 1.63. The number of allylic oxidation sites excluding steroid dienone is 4. The van der Waals surface area contributed by atoms with E-state index < -0.39 is 11.9 Å². The van der Waals surface area contributed by atoms with Crippen molar-refractivity contribution in [3.63, 3.8) is 0 Å². The van der Waals surface area contributed by atoms with Crippen molar-refractivity contribution >= 4 is 52.4 Å². The number of aliphatic imine (C=N–C) groups is 2. The number of carbonyl (C=O) groups excluding carboxylic acids is 4. The Morgan fingerprint density at radius 1 is 0.711 bits per heavy atom. The van der Waals surface area contributed by atoms with Crippen molar-refractivity contribution < 1.29 is 28.7 Å². The third kappa shape index (κ3) is 6.85. The molecule has 12 nitrogen and oxygen atoms in total. The highest BCUT2D eigenvalue weighted by atomic mass is 16.5. The molecule has 0 aromatic carbocycles. The Labute approximate surface area is 260 Å². The minimum Gasteiger partial charge on any atom is -0.462 e. The molecule has 45 heavy (non-hydrogen) atoms. The van der Waals surface area contributed by atoms with Crippen molar-refractivity contribution in [2.24, 2.45) is 9.98 Å². The highest BCUT2D eigenvalue weighted by Crippen LogP contribution is 2.26. The van der Waals surface area contributed by atoms with E-state index in [2.05, 4.69) is 20.0 Å². The van der Waals surface area contributed by atoms with Gasteiger partial charge in [-0.25, -0.2) is 14.6 Å². The first-order valence-electron chi connectivity index (χ1n) is 14.3. The number of carbonyl (C=O) groups is 4. The minimum atomic E-state index is -0.620. The molecule has 2 aromatic rings. The molecule has 2 N–H and O–H groups in total. The van der Waals surface area contributed by atoms with E-state index in [1.54, 1.807) is 104 Å². The monoisotopic (exact) mass is 612 g/mol. The fourth-order valence-electron chi connectivity index (χ4n) is 4.69. The third-order valence-electron chi connectivity index (χ3n) is 6.85. The lowest BCUT2D eigenvalue weighted by Gasteiger charge is -2.12. The van der Waals surface area contributed by atoms with Gasteiger partial charge in [0.15, 0.2) is 0 Å². The van der Waals surface area contributed by atoms with Gasteiger partial charge in [-0.05, 0) is 69.3 Å². The topological polar surface area (TPSA) is 150 Å². The van der Waals surface area contributed by atoms with E-state index in [1.165, 1.54) is 9.80 Å². The van der Waals surface area contributed by atoms with Gasteiger partial charge < -0.3 is 29.2 Å². The van der Waals surface area contributed by atoms with Crippen molar-refractivity contribution in [1.29, 1.82) is 0 Å². The number of aromatic nitrogens is 2. The van der Waals surface area contributed by atoms with Crippen molar-refractivity contribution in [3.8, 4) is 0 Å². The number of hydrogen-bond acceptors (Lipinski definition) is 8. The van der Waals surface area contributed by atoms with Gasteiger partial charge in [0.25, 0.3) is 11.8 Å². The lowest BCUT2D eigenvalue weighted by molar-refractivity contribution is -0.136. The second-order valence-corrected chi connectivity index (χ2v) is 10.4. The normalized spacial score (nSPS) is 17.1. The molecule has 2 aliphatic heterocycles. The van der Waals surface area contributed by atoms with Crippen LogP contribution in [0.1, 0.15) is 32.2 Å². The van der Waals surface area contributed by atoms with Crippen LogP contribution in [0.2, 0.25) is 0 Å². The van der Waals surface area contributed by atoms with E-state index >= 15 is 0 Å². The molecule has 12 heteroatoms. The summed E-state index contributed by atoms with van der Waals surface area (Å²) >= 11 is 0. The number of hydrogen-bond donors (Lipinski definition) is 2. The van der Waals surface area contributed by atoms with Crippen molar-refractivity contribution in [2.75, 3.05) is 41.4 Å². The number of H-pyrrole nitrogens is 2. The molecule has 2 amide bonds. The summed E-state index contributed by atoms with van der Waals surface area (Å²) in [5, 5.41) is 0.764. The van der Waals surface area contributed by atoms with Crippen LogP contribution in [0.25, 0.3) is 16.7 Å². The summed E-state index contributed by atoms with van der Waals surface area (Å²) in [5.74, 6) is -1.71. The molecule has 4 heterocycles. The summed E-state index contributed by atoms with van der Waals surface area (Å²) in [5.41, 5.74) is 3.06. The van der Waals surface area contributed by atoms with E-state index in [4.69, 9.17) is 9.47 Å². The van der Waals surface area contributed by atoms with Crippen LogP contribution in [0.5, 0.6) is 0 Å². The van der Waals surface area contributed by atoms with Crippen LogP contribution in [0.15, 0.2) is 75.5 Å². The van der Waals surface area contributed by atoms with Gasteiger partial charge in [0.2, 0.25) is 0 Å². The number of nitrogens with zero attached hydrogens (tertiary/aromatic N) is 4. The van der Waals surface area contributed by atoms with Crippen LogP contribution in [-0.2, 0) is 28.7 Å². The zero-order valence-corrected chi connectivity index (χ0v) is 26.3. The van der Waals surface area contributed by atoms with Gasteiger partial charge in [-0.15, -0.1) is 0 Å². The highest BCUT2D eigenvalue weighted by molar-refractivity contribution is 6.44. The largest absolute Gasteiger partial charge is 0.462 e. The van der Waals surface area contributed by atoms with Gasteiger partial charge >= 0.3 is 11.9 Å². The third-order valence-corrected chi connectivity index (χ3v) is 6.85. The number of esters is 2. The molecule has 0 aliphatic carbocycles. The number of nitrogens with one attached hydrogen (secondary N) is 2. The highest BCUT2D eigenvalue weighted by Gasteiger charge is 2.25. The maximum absolute atomic E-state index is 13.6. The number of amides is 2. The van der Waals surface area contributed by atoms with E-state index in [-0.39, 0.29) is 41.7 Å². The molecule has 2 aliphatic rings. The lowest BCUT2D eigenvalue weighted by atomic mass is 10.1. The molecular weight excluding hydrogens is 576 g/mol. The van der Waals surface area contributed by atoms with Gasteiger partial charge in [-0.1, -0.05) is 0 Å². The van der Waals surface area contributed by atoms with E-state index in [0.29, 0.717) is 44.8 Å². The molecule has 0 fully saturated rings. The summed E-state index contributed by atoms with van der Waals surface area (Å²) in [6.45, 7) is 5.40. The number of aromatic amines is 2. The molecule has 0 bridgehead atoms. The van der Waals surface area contributed by atoms with Crippen molar-refractivity contribution in [1.82, 2.24) is 19.8 Å². The van der Waals surface area contributed by atoms with Crippen molar-refractivity contribution in [2.45, 2.75) is 20.8 Å². The van der Waals surface area contributed by atoms with Crippen LogP contribution in [0, 0.1) is 0 Å². The van der Waals surface area contributed by atoms with E-state index in [1.807, 2.05) is 0 Å². The number of ether oxygens (including phenoxy) is 2. The molecule has 0 radical (unpaired) electrons. The summed E-state index contributed by atoms with van der Waals surface area (Å²) in [6, 6.07) is 6.71. The Morgan fingerprint density at radius 3 is 1.84 bits per heavy atom. The van der Waals surface area contributed by atoms with Crippen LogP contribution in [0.4, 0.5) is 0 Å². The molecule has 234 valence electrons. The fraction of sp³-hybridized carbons (Fsp3) is 0.273. The van der Waals surface area contributed by atoms with Gasteiger partial charge in [-0.3, -0.25) is 14.6 Å². The summed E-state index contributed by atoms with van der Waals surface area (Å²) < 4.78 is 10.6. The molecule has 4 rings (SSSR count). The minimum absolute atomic E-state index is 0.132. The molecule has 0 saturated heterocycles. The first-order valence-corrected chi connectivity index (χ1v) is 14.3. The SMILES string of the molecule is CCOC(=O)C(C1=N/C(=C(\C)C(=O)N(C)C)C=C1)=c1cc/c(=C(\C(=O)N(C)C)c2ccc(/C(C(=O)OCC)=C3/C=CC=N3)[nH]2)[nH]1. The zero-order valence-electron chi connectivity index (χ0n) is 26.3. The van der Waals surface area contributed by atoms with Gasteiger partial charge in [0, 0.05) is 40.0 Å². The molecule has 0 unspecified atom stereocenters. The number of likely N-dealkylation sites (N-methyl/N-ethyl adjacent to an activating group) is 2. The second-order valence-electron chi connectivity index (χ2n) is 10.4. The fourth-order valence-corrected chi connectivity index (χ4v) is 4.69. The van der Waals surface area contributed by atoms with E-state index in [9.17, 15) is 19.2 Å². The van der Waals surface area contributed by atoms with Crippen LogP contribution >= 0.6 is 0 Å². The maximum atomic E-state index is 13.6. The Bertz CT molecular complexity index is 1850. The Balaban J connectivity index is 1.93. The van der Waals surface area contributed by atoms with Gasteiger partial charge in [0.05, 0.1) is 58.0 Å². The van der Waals surface area contributed by atoms with E-state index in [0.717, 1.165) is 0 Å². The quantitative estimate of drug-likeness (QED) is 0.325. The zero-order chi connectivity index (χ0) is 32.8. The average molecular weight is 613 g/mol. The van der Waals surface area contributed by atoms with Crippen LogP contribution in [0.3, 0.4) is 0 Å². The summed E-state index contributed by atoms with van der Waals surface area (Å²) in [6.07, 6.45) is 8.31. The average Bonchev–Trinajstić information content (AvgIpc) is 3.82. The van der Waals surface area contributed by atoms with Gasteiger partial charge in [0.1, 0.15) is 11.1 Å². The molecule has 2 aromatic heterocycles. The standard InChI is InChI=1S/C33H36N6O6/c1-8-44-32(42)28(21-11-10-18-34-21)24-16-14-22(36-24)27(31(41)39(6)7)23-15-17-26(37-23)29(33(43)45-9-2)25-13-12-20(35-25)19(3)30(40)38(4)5/h10-18,36-37H,8-9H2,1-7H3/b20-19+,27-23+,28-21+,29-26?. The molecule has 0 spiro atoms. The molecule has 0 atom stereocenters.